The molecule has 0 radical (unpaired) electrons. The smallest absolute Gasteiger partial charge is 0.346 e. The predicted molar refractivity (Wildman–Crippen MR) is 125 cm³/mol. The SMILES string of the molecule is CCCN1C(=O)C2(CC(=O)Nc3c2sc(C(=O)O)c3-c2ccccc2)c2cc(Cl)ccc21. The molecule has 1 aromatic heterocycles. The van der Waals surface area contributed by atoms with E-state index >= 15 is 0 Å². The molecule has 162 valence electrons. The molecule has 2 aromatic carbocycles. The molecule has 1 atom stereocenters. The van der Waals surface area contributed by atoms with Crippen LogP contribution in [0.5, 0.6) is 0 Å². The summed E-state index contributed by atoms with van der Waals surface area (Å²) in [6.45, 7) is 2.48. The van der Waals surface area contributed by atoms with Crippen molar-refractivity contribution in [2.24, 2.45) is 0 Å². The second-order valence-corrected chi connectivity index (χ2v) is 9.39. The fourth-order valence-electron chi connectivity index (χ4n) is 4.76. The minimum absolute atomic E-state index is 0.0908. The number of fused-ring (bicyclic) bond motifs is 4. The van der Waals surface area contributed by atoms with E-state index in [1.54, 1.807) is 35.2 Å². The van der Waals surface area contributed by atoms with Crippen LogP contribution >= 0.6 is 22.9 Å². The van der Waals surface area contributed by atoms with Gasteiger partial charge in [0.15, 0.2) is 0 Å². The molecule has 0 saturated carbocycles. The molecule has 3 heterocycles. The molecule has 6 nitrogen and oxygen atoms in total. The van der Waals surface area contributed by atoms with E-state index in [1.807, 2.05) is 25.1 Å². The Hall–Kier alpha value is -3.16. The molecule has 32 heavy (non-hydrogen) atoms. The average Bonchev–Trinajstić information content (AvgIpc) is 3.26. The highest BCUT2D eigenvalue weighted by Crippen LogP contribution is 2.57. The van der Waals surface area contributed by atoms with Crippen molar-refractivity contribution in [2.75, 3.05) is 16.8 Å². The Morgan fingerprint density at radius 2 is 1.97 bits per heavy atom. The lowest BCUT2D eigenvalue weighted by Gasteiger charge is -2.32. The number of carboxylic acids is 1. The van der Waals surface area contributed by atoms with Crippen molar-refractivity contribution in [2.45, 2.75) is 25.2 Å². The second kappa shape index (κ2) is 7.46. The molecule has 2 N–H and O–H groups in total. The molecule has 2 aliphatic rings. The molecule has 5 rings (SSSR count). The highest BCUT2D eigenvalue weighted by Gasteiger charge is 2.57. The summed E-state index contributed by atoms with van der Waals surface area (Å²) in [4.78, 5) is 41.5. The van der Waals surface area contributed by atoms with Gasteiger partial charge in [0.25, 0.3) is 0 Å². The van der Waals surface area contributed by atoms with Gasteiger partial charge in [0.2, 0.25) is 11.8 Å². The summed E-state index contributed by atoms with van der Waals surface area (Å²) in [6.07, 6.45) is 0.642. The standard InChI is InChI=1S/C24H19ClN2O4S/c1-2-10-27-16-9-8-14(25)11-15(16)24(23(27)31)12-17(28)26-19-18(13-6-4-3-5-7-13)20(22(29)30)32-21(19)24/h3-9,11H,2,10,12H2,1H3,(H,26,28)(H,29,30). The maximum absolute atomic E-state index is 13.9. The second-order valence-electron chi connectivity index (χ2n) is 7.93. The molecule has 2 amide bonds. The summed E-state index contributed by atoms with van der Waals surface area (Å²) in [5, 5.41) is 13.3. The number of carbonyl (C=O) groups excluding carboxylic acids is 2. The Morgan fingerprint density at radius 1 is 1.22 bits per heavy atom. The molecular weight excluding hydrogens is 448 g/mol. The topological polar surface area (TPSA) is 86.7 Å². The van der Waals surface area contributed by atoms with Crippen LogP contribution in [-0.2, 0) is 15.0 Å². The Kier molecular flexibility index (Phi) is 4.83. The van der Waals surface area contributed by atoms with Gasteiger partial charge in [0.1, 0.15) is 10.3 Å². The van der Waals surface area contributed by atoms with Crippen LogP contribution < -0.4 is 10.2 Å². The van der Waals surface area contributed by atoms with Gasteiger partial charge >= 0.3 is 5.97 Å². The highest BCUT2D eigenvalue weighted by molar-refractivity contribution is 7.15. The summed E-state index contributed by atoms with van der Waals surface area (Å²) in [5.41, 5.74) is 1.56. The summed E-state index contributed by atoms with van der Waals surface area (Å²) < 4.78 is 0. The molecule has 2 aliphatic heterocycles. The van der Waals surface area contributed by atoms with Crippen LogP contribution in [0.1, 0.15) is 39.9 Å². The third kappa shape index (κ3) is 2.81. The number of anilines is 2. The van der Waals surface area contributed by atoms with E-state index in [1.165, 1.54) is 0 Å². The number of hydrogen-bond donors (Lipinski definition) is 2. The molecule has 0 saturated heterocycles. The fraction of sp³-hybridized carbons (Fsp3) is 0.208. The maximum atomic E-state index is 13.9. The molecular formula is C24H19ClN2O4S. The predicted octanol–water partition coefficient (Wildman–Crippen LogP) is 5.15. The van der Waals surface area contributed by atoms with Crippen LogP contribution in [-0.4, -0.2) is 29.4 Å². The molecule has 0 bridgehead atoms. The fourth-order valence-corrected chi connectivity index (χ4v) is 6.25. The number of carboxylic acid groups (broad SMARTS) is 1. The Bertz CT molecular complexity index is 1290. The van der Waals surface area contributed by atoms with Crippen molar-refractivity contribution in [3.8, 4) is 11.1 Å². The Labute approximate surface area is 193 Å². The summed E-state index contributed by atoms with van der Waals surface area (Å²) in [7, 11) is 0. The van der Waals surface area contributed by atoms with Gasteiger partial charge in [0, 0.05) is 22.8 Å². The number of hydrogen-bond acceptors (Lipinski definition) is 4. The Morgan fingerprint density at radius 3 is 2.66 bits per heavy atom. The molecule has 0 aliphatic carbocycles. The van der Waals surface area contributed by atoms with Crippen molar-refractivity contribution >= 4 is 52.1 Å². The van der Waals surface area contributed by atoms with E-state index in [0.717, 1.165) is 17.8 Å². The number of carbonyl (C=O) groups is 3. The summed E-state index contributed by atoms with van der Waals surface area (Å²) in [5.74, 6) is -1.65. The van der Waals surface area contributed by atoms with Gasteiger partial charge in [-0.05, 0) is 35.7 Å². The van der Waals surface area contributed by atoms with E-state index in [0.29, 0.717) is 44.5 Å². The normalized spacial score (nSPS) is 19.1. The van der Waals surface area contributed by atoms with Crippen LogP contribution in [0, 0.1) is 0 Å². The average molecular weight is 467 g/mol. The first kappa shape index (κ1) is 20.7. The molecule has 3 aromatic rings. The number of benzene rings is 2. The summed E-state index contributed by atoms with van der Waals surface area (Å²) >= 11 is 7.38. The first-order chi connectivity index (χ1) is 15.4. The largest absolute Gasteiger partial charge is 0.477 e. The number of nitrogens with one attached hydrogen (secondary N) is 1. The minimum atomic E-state index is -1.30. The van der Waals surface area contributed by atoms with E-state index in [2.05, 4.69) is 5.32 Å². The van der Waals surface area contributed by atoms with E-state index in [4.69, 9.17) is 11.6 Å². The molecule has 0 fully saturated rings. The third-order valence-corrected chi connectivity index (χ3v) is 7.58. The number of aromatic carboxylic acids is 1. The van der Waals surface area contributed by atoms with Gasteiger partial charge in [-0.25, -0.2) is 4.79 Å². The van der Waals surface area contributed by atoms with Crippen LogP contribution in [0.25, 0.3) is 11.1 Å². The van der Waals surface area contributed by atoms with Gasteiger partial charge in [-0.2, -0.15) is 0 Å². The zero-order valence-corrected chi connectivity index (χ0v) is 18.7. The molecule has 8 heteroatoms. The van der Waals surface area contributed by atoms with E-state index in [-0.39, 0.29) is 23.1 Å². The number of amides is 2. The van der Waals surface area contributed by atoms with Crippen molar-refractivity contribution in [1.29, 1.82) is 0 Å². The van der Waals surface area contributed by atoms with E-state index in [9.17, 15) is 19.5 Å². The lowest BCUT2D eigenvalue weighted by molar-refractivity contribution is -0.126. The van der Waals surface area contributed by atoms with Crippen LogP contribution in [0.2, 0.25) is 5.02 Å². The van der Waals surface area contributed by atoms with Gasteiger partial charge in [0.05, 0.1) is 17.0 Å². The zero-order valence-electron chi connectivity index (χ0n) is 17.1. The first-order valence-corrected chi connectivity index (χ1v) is 11.5. The van der Waals surface area contributed by atoms with Crippen LogP contribution in [0.15, 0.2) is 48.5 Å². The van der Waals surface area contributed by atoms with Gasteiger partial charge in [-0.1, -0.05) is 48.9 Å². The van der Waals surface area contributed by atoms with Gasteiger partial charge in [-0.15, -0.1) is 11.3 Å². The minimum Gasteiger partial charge on any atom is -0.477 e. The number of thiophene rings is 1. The van der Waals surface area contributed by atoms with Crippen molar-refractivity contribution in [3.63, 3.8) is 0 Å². The van der Waals surface area contributed by atoms with Crippen molar-refractivity contribution < 1.29 is 19.5 Å². The molecule has 1 unspecified atom stereocenters. The van der Waals surface area contributed by atoms with Crippen molar-refractivity contribution in [1.82, 2.24) is 0 Å². The summed E-state index contributed by atoms with van der Waals surface area (Å²) in [6, 6.07) is 14.3. The first-order valence-electron chi connectivity index (χ1n) is 10.3. The van der Waals surface area contributed by atoms with Crippen LogP contribution in [0.4, 0.5) is 11.4 Å². The number of nitrogens with zero attached hydrogens (tertiary/aromatic N) is 1. The number of rotatable bonds is 4. The maximum Gasteiger partial charge on any atom is 0.346 e. The third-order valence-electron chi connectivity index (χ3n) is 6.01. The Balaban J connectivity index is 1.85. The monoisotopic (exact) mass is 466 g/mol. The van der Waals surface area contributed by atoms with Crippen LogP contribution in [0.3, 0.4) is 0 Å². The lowest BCUT2D eigenvalue weighted by atomic mass is 9.74. The quantitative estimate of drug-likeness (QED) is 0.556. The van der Waals surface area contributed by atoms with Gasteiger partial charge in [-0.3, -0.25) is 9.59 Å². The lowest BCUT2D eigenvalue weighted by Crippen LogP contribution is -2.46. The van der Waals surface area contributed by atoms with Crippen molar-refractivity contribution in [3.05, 3.63) is 68.9 Å². The van der Waals surface area contributed by atoms with Gasteiger partial charge < -0.3 is 15.3 Å². The molecule has 1 spiro atoms. The number of halogens is 1. The van der Waals surface area contributed by atoms with E-state index < -0.39 is 11.4 Å². The zero-order chi connectivity index (χ0) is 22.6. The highest BCUT2D eigenvalue weighted by atomic mass is 35.5.